The molecular formula is C8H18N2O4. The molecule has 0 rings (SSSR count). The first-order valence-electron chi connectivity index (χ1n) is 4.39. The van der Waals surface area contributed by atoms with Crippen LogP contribution in [0.2, 0.25) is 0 Å². The number of likely N-dealkylation sites (N-methyl/N-ethyl adjacent to an activating group) is 1. The zero-order chi connectivity index (χ0) is 10.8. The molecule has 2 amide bonds. The number of rotatable bonds is 7. The van der Waals surface area contributed by atoms with E-state index in [1.165, 1.54) is 4.90 Å². The average molecular weight is 206 g/mol. The molecule has 0 aromatic carbocycles. The summed E-state index contributed by atoms with van der Waals surface area (Å²) in [6.45, 7) is 1.36. The van der Waals surface area contributed by atoms with Gasteiger partial charge in [0.15, 0.2) is 0 Å². The van der Waals surface area contributed by atoms with Gasteiger partial charge >= 0.3 is 6.03 Å². The third kappa shape index (κ3) is 6.64. The van der Waals surface area contributed by atoms with Crippen LogP contribution in [-0.4, -0.2) is 63.3 Å². The molecule has 0 unspecified atom stereocenters. The highest BCUT2D eigenvalue weighted by Crippen LogP contribution is 1.82. The van der Waals surface area contributed by atoms with Gasteiger partial charge < -0.3 is 24.8 Å². The maximum Gasteiger partial charge on any atom is 0.319 e. The van der Waals surface area contributed by atoms with Gasteiger partial charge in [-0.15, -0.1) is 0 Å². The normalized spacial score (nSPS) is 9.93. The van der Waals surface area contributed by atoms with Crippen LogP contribution in [0.5, 0.6) is 0 Å². The number of amides is 2. The Labute approximate surface area is 83.8 Å². The second kappa shape index (κ2) is 8.74. The number of nitrogens with one attached hydrogen (secondary N) is 1. The fourth-order valence-corrected chi connectivity index (χ4v) is 0.714. The van der Waals surface area contributed by atoms with Crippen molar-refractivity contribution in [2.75, 3.05) is 47.3 Å². The smallest absolute Gasteiger partial charge is 0.319 e. The van der Waals surface area contributed by atoms with E-state index in [1.807, 2.05) is 0 Å². The minimum Gasteiger partial charge on any atom is -0.395 e. The van der Waals surface area contributed by atoms with Crippen LogP contribution in [0, 0.1) is 0 Å². The molecule has 0 heterocycles. The maximum absolute atomic E-state index is 11.2. The van der Waals surface area contributed by atoms with Gasteiger partial charge in [-0.25, -0.2) is 4.79 Å². The first-order chi connectivity index (χ1) is 6.72. The van der Waals surface area contributed by atoms with Crippen LogP contribution in [0.1, 0.15) is 0 Å². The molecule has 0 aliphatic heterocycles. The van der Waals surface area contributed by atoms with E-state index >= 15 is 0 Å². The Morgan fingerprint density at radius 1 is 1.50 bits per heavy atom. The van der Waals surface area contributed by atoms with Crippen LogP contribution < -0.4 is 5.32 Å². The minimum atomic E-state index is -0.267. The van der Waals surface area contributed by atoms with Gasteiger partial charge in [0.2, 0.25) is 0 Å². The summed E-state index contributed by atoms with van der Waals surface area (Å²) in [7, 11) is 3.18. The highest BCUT2D eigenvalue weighted by Gasteiger charge is 2.05. The molecule has 0 fully saturated rings. The molecule has 0 aliphatic rings. The van der Waals surface area contributed by atoms with E-state index in [0.717, 1.165) is 0 Å². The SMILES string of the molecule is COCCOCNC(=O)N(C)CCO. The van der Waals surface area contributed by atoms with Crippen molar-refractivity contribution in [1.29, 1.82) is 0 Å². The fraction of sp³-hybridized carbons (Fsp3) is 0.875. The van der Waals surface area contributed by atoms with Crippen LogP contribution in [-0.2, 0) is 9.47 Å². The zero-order valence-electron chi connectivity index (χ0n) is 8.65. The molecule has 84 valence electrons. The molecule has 0 spiro atoms. The molecule has 0 aliphatic carbocycles. The molecule has 0 aromatic rings. The van der Waals surface area contributed by atoms with E-state index in [0.29, 0.717) is 19.8 Å². The first kappa shape index (κ1) is 13.2. The van der Waals surface area contributed by atoms with Crippen molar-refractivity contribution in [2.45, 2.75) is 0 Å². The third-order valence-electron chi connectivity index (χ3n) is 1.54. The van der Waals surface area contributed by atoms with Crippen LogP contribution in [0.15, 0.2) is 0 Å². The van der Waals surface area contributed by atoms with Crippen molar-refractivity contribution < 1.29 is 19.4 Å². The van der Waals surface area contributed by atoms with Crippen molar-refractivity contribution >= 4 is 6.03 Å². The van der Waals surface area contributed by atoms with E-state index < -0.39 is 0 Å². The Morgan fingerprint density at radius 3 is 2.79 bits per heavy atom. The Bertz CT molecular complexity index is 154. The molecule has 0 aromatic heterocycles. The molecule has 0 atom stereocenters. The number of nitrogens with zero attached hydrogens (tertiary/aromatic N) is 1. The Hall–Kier alpha value is -0.850. The van der Waals surface area contributed by atoms with Gasteiger partial charge in [0.1, 0.15) is 6.73 Å². The molecular weight excluding hydrogens is 188 g/mol. The molecule has 6 nitrogen and oxygen atoms in total. The lowest BCUT2D eigenvalue weighted by molar-refractivity contribution is 0.0618. The summed E-state index contributed by atoms with van der Waals surface area (Å²) in [6.07, 6.45) is 0. The third-order valence-corrected chi connectivity index (χ3v) is 1.54. The summed E-state index contributed by atoms with van der Waals surface area (Å²) in [5.74, 6) is 0. The minimum absolute atomic E-state index is 0.0472. The summed E-state index contributed by atoms with van der Waals surface area (Å²) in [5.41, 5.74) is 0. The van der Waals surface area contributed by atoms with E-state index in [9.17, 15) is 4.79 Å². The second-order valence-corrected chi connectivity index (χ2v) is 2.67. The van der Waals surface area contributed by atoms with E-state index in [4.69, 9.17) is 14.6 Å². The highest BCUT2D eigenvalue weighted by atomic mass is 16.5. The molecule has 14 heavy (non-hydrogen) atoms. The summed E-state index contributed by atoms with van der Waals surface area (Å²) >= 11 is 0. The van der Waals surface area contributed by atoms with Crippen molar-refractivity contribution in [3.05, 3.63) is 0 Å². The van der Waals surface area contributed by atoms with E-state index in [1.54, 1.807) is 14.2 Å². The summed E-state index contributed by atoms with van der Waals surface area (Å²) in [4.78, 5) is 12.5. The average Bonchev–Trinajstić information content (AvgIpc) is 2.17. The van der Waals surface area contributed by atoms with Crippen LogP contribution >= 0.6 is 0 Å². The van der Waals surface area contributed by atoms with Gasteiger partial charge in [0, 0.05) is 20.7 Å². The van der Waals surface area contributed by atoms with Crippen LogP contribution in [0.3, 0.4) is 0 Å². The van der Waals surface area contributed by atoms with Gasteiger partial charge in [-0.1, -0.05) is 0 Å². The second-order valence-electron chi connectivity index (χ2n) is 2.67. The number of urea groups is 1. The summed E-state index contributed by atoms with van der Waals surface area (Å²) < 4.78 is 9.78. The van der Waals surface area contributed by atoms with Crippen molar-refractivity contribution in [3.63, 3.8) is 0 Å². The van der Waals surface area contributed by atoms with E-state index in [2.05, 4.69) is 5.32 Å². The number of ether oxygens (including phenoxy) is 2. The quantitative estimate of drug-likeness (QED) is 0.424. The number of hydrogen-bond acceptors (Lipinski definition) is 4. The fourth-order valence-electron chi connectivity index (χ4n) is 0.714. The number of carbonyl (C=O) groups is 1. The number of aliphatic hydroxyl groups is 1. The Morgan fingerprint density at radius 2 is 2.21 bits per heavy atom. The van der Waals surface area contributed by atoms with E-state index in [-0.39, 0.29) is 19.4 Å². The largest absolute Gasteiger partial charge is 0.395 e. The summed E-state index contributed by atoms with van der Waals surface area (Å²) in [5, 5.41) is 11.1. The zero-order valence-corrected chi connectivity index (χ0v) is 8.65. The Kier molecular flexibility index (Phi) is 8.20. The van der Waals surface area contributed by atoms with Gasteiger partial charge in [0.25, 0.3) is 0 Å². The molecule has 0 radical (unpaired) electrons. The molecule has 0 saturated heterocycles. The van der Waals surface area contributed by atoms with Crippen LogP contribution in [0.25, 0.3) is 0 Å². The lowest BCUT2D eigenvalue weighted by atomic mass is 10.6. The predicted octanol–water partition coefficient (Wildman–Crippen LogP) is -0.759. The molecule has 2 N–H and O–H groups in total. The van der Waals surface area contributed by atoms with Gasteiger partial charge in [-0.2, -0.15) is 0 Å². The lowest BCUT2D eigenvalue weighted by Crippen LogP contribution is -2.39. The molecule has 0 saturated carbocycles. The van der Waals surface area contributed by atoms with Crippen LogP contribution in [0.4, 0.5) is 4.79 Å². The van der Waals surface area contributed by atoms with Gasteiger partial charge in [-0.3, -0.25) is 0 Å². The monoisotopic (exact) mass is 206 g/mol. The number of aliphatic hydroxyl groups excluding tert-OH is 1. The molecule has 6 heteroatoms. The van der Waals surface area contributed by atoms with Crippen molar-refractivity contribution in [2.24, 2.45) is 0 Å². The Balaban J connectivity index is 3.34. The molecule has 0 bridgehead atoms. The van der Waals surface area contributed by atoms with Gasteiger partial charge in [0.05, 0.1) is 19.8 Å². The number of hydrogen-bond donors (Lipinski definition) is 2. The predicted molar refractivity (Wildman–Crippen MR) is 50.9 cm³/mol. The summed E-state index contributed by atoms with van der Waals surface area (Å²) in [6, 6.07) is -0.267. The van der Waals surface area contributed by atoms with Crippen molar-refractivity contribution in [3.8, 4) is 0 Å². The lowest BCUT2D eigenvalue weighted by Gasteiger charge is -2.16. The maximum atomic E-state index is 11.2. The first-order valence-corrected chi connectivity index (χ1v) is 4.39. The number of methoxy groups -OCH3 is 1. The number of carbonyl (C=O) groups excluding carboxylic acids is 1. The highest BCUT2D eigenvalue weighted by molar-refractivity contribution is 5.73. The topological polar surface area (TPSA) is 71.0 Å². The van der Waals surface area contributed by atoms with Gasteiger partial charge in [-0.05, 0) is 0 Å². The standard InChI is InChI=1S/C8H18N2O4/c1-10(3-4-11)8(12)9-7-14-6-5-13-2/h11H,3-7H2,1-2H3,(H,9,12). The van der Waals surface area contributed by atoms with Crippen molar-refractivity contribution in [1.82, 2.24) is 10.2 Å².